The van der Waals surface area contributed by atoms with Crippen LogP contribution in [0, 0.1) is 5.92 Å². The van der Waals surface area contributed by atoms with Crippen molar-refractivity contribution in [2.45, 2.75) is 57.2 Å². The van der Waals surface area contributed by atoms with Crippen molar-refractivity contribution in [3.63, 3.8) is 0 Å². The molecular weight excluding hydrogens is 380 g/mol. The minimum atomic E-state index is -0.157. The van der Waals surface area contributed by atoms with Gasteiger partial charge in [-0.2, -0.15) is 0 Å². The number of piperidine rings is 1. The lowest BCUT2D eigenvalue weighted by Gasteiger charge is -2.46. The van der Waals surface area contributed by atoms with Gasteiger partial charge >= 0.3 is 0 Å². The number of carbonyl (C=O) groups excluding carboxylic acids is 2. The molecule has 0 N–H and O–H groups in total. The van der Waals surface area contributed by atoms with Crippen LogP contribution in [-0.4, -0.2) is 66.6 Å². The van der Waals surface area contributed by atoms with E-state index in [4.69, 9.17) is 9.47 Å². The van der Waals surface area contributed by atoms with E-state index in [0.29, 0.717) is 37.9 Å². The summed E-state index contributed by atoms with van der Waals surface area (Å²) in [4.78, 5) is 29.0. The molecule has 0 aromatic heterocycles. The first-order valence-electron chi connectivity index (χ1n) is 11.4. The smallest absolute Gasteiger partial charge is 0.248 e. The van der Waals surface area contributed by atoms with E-state index >= 15 is 0 Å². The van der Waals surface area contributed by atoms with E-state index in [-0.39, 0.29) is 18.1 Å². The van der Waals surface area contributed by atoms with Crippen molar-refractivity contribution in [2.75, 3.05) is 39.4 Å². The Morgan fingerprint density at radius 2 is 1.70 bits per heavy atom. The van der Waals surface area contributed by atoms with E-state index in [1.54, 1.807) is 0 Å². The standard InChI is InChI=1S/C24H34N2O4/c27-22(25-11-4-5-12-25)16-21-8-15-30-24(17-21)9-13-26(14-10-24)23(28)19-29-18-20-6-2-1-3-7-20/h1-3,6-7,21H,4-5,8-19H2. The molecule has 6 nitrogen and oxygen atoms in total. The summed E-state index contributed by atoms with van der Waals surface area (Å²) >= 11 is 0. The Hall–Kier alpha value is -1.92. The van der Waals surface area contributed by atoms with Gasteiger partial charge in [0.15, 0.2) is 0 Å². The molecule has 3 aliphatic rings. The van der Waals surface area contributed by atoms with Crippen LogP contribution in [0.25, 0.3) is 0 Å². The van der Waals surface area contributed by atoms with Crippen molar-refractivity contribution in [3.8, 4) is 0 Å². The largest absolute Gasteiger partial charge is 0.375 e. The second kappa shape index (κ2) is 9.92. The number of carbonyl (C=O) groups is 2. The Morgan fingerprint density at radius 1 is 1.00 bits per heavy atom. The minimum Gasteiger partial charge on any atom is -0.375 e. The Labute approximate surface area is 179 Å². The third-order valence-corrected chi connectivity index (χ3v) is 6.88. The van der Waals surface area contributed by atoms with E-state index in [1.807, 2.05) is 40.1 Å². The van der Waals surface area contributed by atoms with Crippen LogP contribution in [0.3, 0.4) is 0 Å². The molecule has 4 rings (SSSR count). The van der Waals surface area contributed by atoms with Gasteiger partial charge in [-0.3, -0.25) is 9.59 Å². The monoisotopic (exact) mass is 414 g/mol. The van der Waals surface area contributed by atoms with Gasteiger partial charge in [-0.1, -0.05) is 30.3 Å². The highest BCUT2D eigenvalue weighted by Gasteiger charge is 2.41. The van der Waals surface area contributed by atoms with Crippen LogP contribution in [0.1, 0.15) is 50.5 Å². The van der Waals surface area contributed by atoms with Crippen LogP contribution in [0.2, 0.25) is 0 Å². The number of nitrogens with zero attached hydrogens (tertiary/aromatic N) is 2. The summed E-state index contributed by atoms with van der Waals surface area (Å²) in [5.74, 6) is 0.776. The van der Waals surface area contributed by atoms with Gasteiger partial charge in [0.2, 0.25) is 11.8 Å². The molecule has 3 aliphatic heterocycles. The van der Waals surface area contributed by atoms with Crippen molar-refractivity contribution >= 4 is 11.8 Å². The quantitative estimate of drug-likeness (QED) is 0.718. The molecule has 1 unspecified atom stereocenters. The van der Waals surface area contributed by atoms with Gasteiger partial charge in [0, 0.05) is 39.2 Å². The lowest BCUT2D eigenvalue weighted by molar-refractivity contribution is -0.152. The highest BCUT2D eigenvalue weighted by Crippen LogP contribution is 2.39. The number of hydrogen-bond donors (Lipinski definition) is 0. The van der Waals surface area contributed by atoms with Crippen LogP contribution in [0.5, 0.6) is 0 Å². The zero-order valence-electron chi connectivity index (χ0n) is 17.9. The Bertz CT molecular complexity index is 709. The summed E-state index contributed by atoms with van der Waals surface area (Å²) < 4.78 is 11.8. The highest BCUT2D eigenvalue weighted by atomic mass is 16.5. The van der Waals surface area contributed by atoms with Gasteiger partial charge in [0.05, 0.1) is 12.2 Å². The molecule has 2 amide bonds. The van der Waals surface area contributed by atoms with E-state index in [9.17, 15) is 9.59 Å². The molecule has 0 radical (unpaired) electrons. The van der Waals surface area contributed by atoms with Crippen LogP contribution in [0.15, 0.2) is 30.3 Å². The summed E-state index contributed by atoms with van der Waals surface area (Å²) in [7, 11) is 0. The van der Waals surface area contributed by atoms with Crippen LogP contribution < -0.4 is 0 Å². The normalized spacial score (nSPS) is 23.7. The van der Waals surface area contributed by atoms with Crippen molar-refractivity contribution in [1.29, 1.82) is 0 Å². The summed E-state index contributed by atoms with van der Waals surface area (Å²) in [6.07, 6.45) is 6.56. The minimum absolute atomic E-state index is 0.0531. The van der Waals surface area contributed by atoms with Crippen LogP contribution in [-0.2, 0) is 25.7 Å². The molecule has 1 atom stereocenters. The van der Waals surface area contributed by atoms with Gasteiger partial charge in [0.25, 0.3) is 0 Å². The number of benzene rings is 1. The molecular formula is C24H34N2O4. The summed E-state index contributed by atoms with van der Waals surface area (Å²) in [6, 6.07) is 9.92. The number of ether oxygens (including phenoxy) is 2. The maximum Gasteiger partial charge on any atom is 0.248 e. The Morgan fingerprint density at radius 3 is 2.43 bits per heavy atom. The molecule has 1 spiro atoms. The molecule has 30 heavy (non-hydrogen) atoms. The molecule has 1 aromatic carbocycles. The fourth-order valence-electron chi connectivity index (χ4n) is 5.08. The molecule has 0 saturated carbocycles. The van der Waals surface area contributed by atoms with Crippen LogP contribution >= 0.6 is 0 Å². The van der Waals surface area contributed by atoms with Gasteiger partial charge in [0.1, 0.15) is 6.61 Å². The second-order valence-electron chi connectivity index (χ2n) is 9.04. The van der Waals surface area contributed by atoms with Crippen molar-refractivity contribution in [2.24, 2.45) is 5.92 Å². The summed E-state index contributed by atoms with van der Waals surface area (Å²) in [5, 5.41) is 0. The number of likely N-dealkylation sites (tertiary alicyclic amines) is 2. The predicted molar refractivity (Wildman–Crippen MR) is 114 cm³/mol. The molecule has 0 aliphatic carbocycles. The zero-order valence-corrected chi connectivity index (χ0v) is 17.9. The van der Waals surface area contributed by atoms with Gasteiger partial charge in [-0.05, 0) is 50.0 Å². The summed E-state index contributed by atoms with van der Waals surface area (Å²) in [5.41, 5.74) is 0.920. The predicted octanol–water partition coefficient (Wildman–Crippen LogP) is 3.00. The van der Waals surface area contributed by atoms with Crippen molar-refractivity contribution < 1.29 is 19.1 Å². The third kappa shape index (κ3) is 5.41. The van der Waals surface area contributed by atoms with Gasteiger partial charge < -0.3 is 19.3 Å². The average Bonchev–Trinajstić information content (AvgIpc) is 3.30. The third-order valence-electron chi connectivity index (χ3n) is 6.88. The zero-order chi connectivity index (χ0) is 20.8. The number of rotatable bonds is 6. The Kier molecular flexibility index (Phi) is 7.05. The fraction of sp³-hybridized carbons (Fsp3) is 0.667. The molecule has 1 aromatic rings. The van der Waals surface area contributed by atoms with Gasteiger partial charge in [-0.25, -0.2) is 0 Å². The highest BCUT2D eigenvalue weighted by molar-refractivity contribution is 5.77. The van der Waals surface area contributed by atoms with E-state index in [1.165, 1.54) is 0 Å². The second-order valence-corrected chi connectivity index (χ2v) is 9.04. The van der Waals surface area contributed by atoms with Crippen molar-refractivity contribution in [3.05, 3.63) is 35.9 Å². The molecule has 3 fully saturated rings. The van der Waals surface area contributed by atoms with E-state index < -0.39 is 0 Å². The van der Waals surface area contributed by atoms with Crippen molar-refractivity contribution in [1.82, 2.24) is 9.80 Å². The first kappa shape index (κ1) is 21.3. The number of hydrogen-bond acceptors (Lipinski definition) is 4. The van der Waals surface area contributed by atoms with E-state index in [2.05, 4.69) is 0 Å². The lowest BCUT2D eigenvalue weighted by Crippen LogP contribution is -2.51. The average molecular weight is 415 g/mol. The van der Waals surface area contributed by atoms with Gasteiger partial charge in [-0.15, -0.1) is 0 Å². The molecule has 164 valence electrons. The molecule has 0 bridgehead atoms. The SMILES string of the molecule is O=C(COCc1ccccc1)N1CCC2(CC1)CC(CC(=O)N1CCCC1)CCO2. The molecule has 6 heteroatoms. The van der Waals surface area contributed by atoms with E-state index in [0.717, 1.165) is 63.8 Å². The Balaban J connectivity index is 1.20. The first-order chi connectivity index (χ1) is 14.6. The summed E-state index contributed by atoms with van der Waals surface area (Å²) in [6.45, 7) is 4.58. The molecule has 3 heterocycles. The topological polar surface area (TPSA) is 59.1 Å². The van der Waals surface area contributed by atoms with Crippen LogP contribution in [0.4, 0.5) is 0 Å². The molecule has 3 saturated heterocycles. The first-order valence-corrected chi connectivity index (χ1v) is 11.4. The number of amides is 2. The maximum absolute atomic E-state index is 12.5. The maximum atomic E-state index is 12.5. The fourth-order valence-corrected chi connectivity index (χ4v) is 5.08. The lowest BCUT2D eigenvalue weighted by atomic mass is 9.78.